The van der Waals surface area contributed by atoms with E-state index in [1.54, 1.807) is 32.4 Å². The lowest BCUT2D eigenvalue weighted by Crippen LogP contribution is -2.39. The van der Waals surface area contributed by atoms with E-state index < -0.39 is 0 Å². The first-order chi connectivity index (χ1) is 19.6. The Kier molecular flexibility index (Phi) is 9.14. The van der Waals surface area contributed by atoms with Gasteiger partial charge in [0.15, 0.2) is 11.5 Å². The molecule has 210 valence electrons. The van der Waals surface area contributed by atoms with E-state index in [1.807, 2.05) is 47.4 Å². The molecule has 8 heteroatoms. The summed E-state index contributed by atoms with van der Waals surface area (Å²) in [5.41, 5.74) is 4.08. The van der Waals surface area contributed by atoms with E-state index >= 15 is 0 Å². The number of carbonyl (C=O) groups is 1. The SMILES string of the molecule is COc1cccc(CN(C(=O)C2=C(c3ccc(OCCOc4ccc(Cl)cc4OC)cc3)CCNC2)C2CC2)c1. The molecule has 0 atom stereocenters. The number of rotatable bonds is 12. The summed E-state index contributed by atoms with van der Waals surface area (Å²) in [5, 5.41) is 3.99. The van der Waals surface area contributed by atoms with Crippen molar-refractivity contribution in [2.24, 2.45) is 0 Å². The summed E-state index contributed by atoms with van der Waals surface area (Å²) in [6.45, 7) is 2.73. The van der Waals surface area contributed by atoms with Crippen molar-refractivity contribution in [3.8, 4) is 23.0 Å². The molecule has 7 nitrogen and oxygen atoms in total. The van der Waals surface area contributed by atoms with Crippen molar-refractivity contribution in [3.05, 3.63) is 88.5 Å². The molecule has 1 saturated carbocycles. The quantitative estimate of drug-likeness (QED) is 0.283. The molecule has 5 rings (SSSR count). The largest absolute Gasteiger partial charge is 0.497 e. The molecule has 1 fully saturated rings. The Bertz CT molecular complexity index is 1350. The molecular weight excluding hydrogens is 528 g/mol. The van der Waals surface area contributed by atoms with Gasteiger partial charge >= 0.3 is 0 Å². The van der Waals surface area contributed by atoms with Crippen molar-refractivity contribution in [1.29, 1.82) is 0 Å². The van der Waals surface area contributed by atoms with Gasteiger partial charge in [-0.05, 0) is 78.9 Å². The predicted octanol–water partition coefficient (Wildman–Crippen LogP) is 5.75. The fourth-order valence-corrected chi connectivity index (χ4v) is 5.09. The fraction of sp³-hybridized carbons (Fsp3) is 0.344. The summed E-state index contributed by atoms with van der Waals surface area (Å²) >= 11 is 6.01. The van der Waals surface area contributed by atoms with Gasteiger partial charge in [-0.25, -0.2) is 0 Å². The van der Waals surface area contributed by atoms with Crippen LogP contribution in [0.2, 0.25) is 5.02 Å². The van der Waals surface area contributed by atoms with Gasteiger partial charge < -0.3 is 29.2 Å². The Balaban J connectivity index is 1.24. The number of carbonyl (C=O) groups excluding carboxylic acids is 1. The maximum Gasteiger partial charge on any atom is 0.251 e. The van der Waals surface area contributed by atoms with Gasteiger partial charge in [-0.2, -0.15) is 0 Å². The fourth-order valence-electron chi connectivity index (χ4n) is 4.93. The van der Waals surface area contributed by atoms with Crippen LogP contribution in [-0.4, -0.2) is 57.4 Å². The topological polar surface area (TPSA) is 69.3 Å². The summed E-state index contributed by atoms with van der Waals surface area (Å²) in [6.07, 6.45) is 2.90. The lowest BCUT2D eigenvalue weighted by Gasteiger charge is -2.28. The third kappa shape index (κ3) is 6.90. The number of nitrogens with one attached hydrogen (secondary N) is 1. The maximum absolute atomic E-state index is 13.9. The number of halogens is 1. The van der Waals surface area contributed by atoms with E-state index in [0.29, 0.717) is 48.9 Å². The highest BCUT2D eigenvalue weighted by Gasteiger charge is 2.35. The molecule has 1 aliphatic carbocycles. The van der Waals surface area contributed by atoms with Crippen molar-refractivity contribution in [2.45, 2.75) is 31.8 Å². The minimum Gasteiger partial charge on any atom is -0.497 e. The van der Waals surface area contributed by atoms with Gasteiger partial charge in [0.2, 0.25) is 0 Å². The van der Waals surface area contributed by atoms with Crippen molar-refractivity contribution in [2.75, 3.05) is 40.5 Å². The first kappa shape index (κ1) is 27.9. The highest BCUT2D eigenvalue weighted by Crippen LogP contribution is 2.34. The average Bonchev–Trinajstić information content (AvgIpc) is 3.84. The van der Waals surface area contributed by atoms with Gasteiger partial charge in [0.1, 0.15) is 24.7 Å². The van der Waals surface area contributed by atoms with Crippen LogP contribution >= 0.6 is 11.6 Å². The summed E-state index contributed by atoms with van der Waals surface area (Å²) in [5.74, 6) is 2.87. The van der Waals surface area contributed by atoms with Crippen molar-refractivity contribution in [3.63, 3.8) is 0 Å². The molecule has 0 saturated heterocycles. The van der Waals surface area contributed by atoms with Gasteiger partial charge in [0, 0.05) is 35.8 Å². The lowest BCUT2D eigenvalue weighted by atomic mass is 9.93. The third-order valence-corrected chi connectivity index (χ3v) is 7.38. The van der Waals surface area contributed by atoms with Crippen LogP contribution in [0.15, 0.2) is 72.3 Å². The molecular formula is C32H35ClN2O5. The molecule has 40 heavy (non-hydrogen) atoms. The zero-order valence-corrected chi connectivity index (χ0v) is 23.7. The van der Waals surface area contributed by atoms with Crippen LogP contribution in [0.4, 0.5) is 0 Å². The maximum atomic E-state index is 13.9. The second kappa shape index (κ2) is 13.1. The number of benzene rings is 3. The molecule has 3 aromatic rings. The molecule has 0 unspecified atom stereocenters. The zero-order chi connectivity index (χ0) is 27.9. The number of methoxy groups -OCH3 is 2. The van der Waals surface area contributed by atoms with E-state index in [9.17, 15) is 4.79 Å². The Labute approximate surface area is 240 Å². The Morgan fingerprint density at radius 3 is 2.48 bits per heavy atom. The van der Waals surface area contributed by atoms with Crippen molar-refractivity contribution in [1.82, 2.24) is 10.2 Å². The Morgan fingerprint density at radius 1 is 0.925 bits per heavy atom. The van der Waals surface area contributed by atoms with E-state index in [2.05, 4.69) is 11.4 Å². The predicted molar refractivity (Wildman–Crippen MR) is 156 cm³/mol. The normalized spacial score (nSPS) is 15.0. The second-order valence-corrected chi connectivity index (χ2v) is 10.4. The smallest absolute Gasteiger partial charge is 0.251 e. The number of hydrogen-bond acceptors (Lipinski definition) is 6. The standard InChI is InChI=1S/C32H35ClN2O5/c1-37-27-5-3-4-22(18-27)21-35(25-9-10-25)32(36)29-20-34-15-14-28(29)23-6-11-26(12-7-23)39-16-17-40-30-13-8-24(33)19-31(30)38-2/h3-8,11-13,18-19,25,34H,9-10,14-17,20-21H2,1-2H3. The van der Waals surface area contributed by atoms with Gasteiger partial charge in [-0.15, -0.1) is 0 Å². The molecule has 1 N–H and O–H groups in total. The van der Waals surface area contributed by atoms with Crippen LogP contribution in [0.25, 0.3) is 5.57 Å². The monoisotopic (exact) mass is 562 g/mol. The number of ether oxygens (including phenoxy) is 4. The lowest BCUT2D eigenvalue weighted by molar-refractivity contribution is -0.128. The highest BCUT2D eigenvalue weighted by atomic mass is 35.5. The van der Waals surface area contributed by atoms with Gasteiger partial charge in [-0.1, -0.05) is 35.9 Å². The first-order valence-corrected chi connectivity index (χ1v) is 14.0. The Morgan fingerprint density at radius 2 is 1.73 bits per heavy atom. The zero-order valence-electron chi connectivity index (χ0n) is 23.0. The molecule has 2 aliphatic rings. The molecule has 0 radical (unpaired) electrons. The van der Waals surface area contributed by atoms with E-state index in [1.165, 1.54) is 0 Å². The van der Waals surface area contributed by atoms with Crippen LogP contribution in [0.3, 0.4) is 0 Å². The van der Waals surface area contributed by atoms with Gasteiger partial charge in [0.05, 0.1) is 14.2 Å². The van der Waals surface area contributed by atoms with Gasteiger partial charge in [-0.3, -0.25) is 4.79 Å². The van der Waals surface area contributed by atoms with Crippen LogP contribution < -0.4 is 24.3 Å². The number of amides is 1. The van der Waals surface area contributed by atoms with Crippen LogP contribution in [0.1, 0.15) is 30.4 Å². The molecule has 0 spiro atoms. The van der Waals surface area contributed by atoms with Crippen LogP contribution in [-0.2, 0) is 11.3 Å². The highest BCUT2D eigenvalue weighted by molar-refractivity contribution is 6.30. The second-order valence-electron chi connectivity index (χ2n) is 9.92. The Hall–Kier alpha value is -3.68. The first-order valence-electron chi connectivity index (χ1n) is 13.6. The number of hydrogen-bond donors (Lipinski definition) is 1. The molecule has 0 bridgehead atoms. The molecule has 1 amide bonds. The van der Waals surface area contributed by atoms with Crippen molar-refractivity contribution >= 4 is 23.1 Å². The van der Waals surface area contributed by atoms with E-state index in [-0.39, 0.29) is 5.91 Å². The average molecular weight is 563 g/mol. The van der Waals surface area contributed by atoms with Crippen LogP contribution in [0.5, 0.6) is 23.0 Å². The summed E-state index contributed by atoms with van der Waals surface area (Å²) < 4.78 is 22.4. The van der Waals surface area contributed by atoms with E-state index in [4.69, 9.17) is 30.5 Å². The van der Waals surface area contributed by atoms with E-state index in [0.717, 1.165) is 59.6 Å². The van der Waals surface area contributed by atoms with Crippen LogP contribution in [0, 0.1) is 0 Å². The summed E-state index contributed by atoms with van der Waals surface area (Å²) in [4.78, 5) is 15.9. The molecule has 3 aromatic carbocycles. The summed E-state index contributed by atoms with van der Waals surface area (Å²) in [7, 11) is 3.24. The minimum atomic E-state index is 0.114. The summed E-state index contributed by atoms with van der Waals surface area (Å²) in [6, 6.07) is 21.5. The molecule has 1 aliphatic heterocycles. The minimum absolute atomic E-state index is 0.114. The number of nitrogens with zero attached hydrogens (tertiary/aromatic N) is 1. The molecule has 1 heterocycles. The third-order valence-electron chi connectivity index (χ3n) is 7.15. The van der Waals surface area contributed by atoms with Gasteiger partial charge in [0.25, 0.3) is 5.91 Å². The molecule has 0 aromatic heterocycles. The van der Waals surface area contributed by atoms with Crippen molar-refractivity contribution < 1.29 is 23.7 Å².